The summed E-state index contributed by atoms with van der Waals surface area (Å²) in [6.45, 7) is 2.56. The molecule has 0 radical (unpaired) electrons. The highest BCUT2D eigenvalue weighted by atomic mass is 79.9. The number of furan rings is 1. The molecule has 15 heavy (non-hydrogen) atoms. The predicted molar refractivity (Wildman–Crippen MR) is 63.3 cm³/mol. The summed E-state index contributed by atoms with van der Waals surface area (Å²) in [6, 6.07) is 3.32. The Morgan fingerprint density at radius 3 is 2.93 bits per heavy atom. The van der Waals surface area contributed by atoms with Gasteiger partial charge in [-0.05, 0) is 47.8 Å². The molecule has 3 nitrogen and oxygen atoms in total. The van der Waals surface area contributed by atoms with Crippen LogP contribution < -0.4 is 5.32 Å². The van der Waals surface area contributed by atoms with Gasteiger partial charge in [-0.25, -0.2) is 0 Å². The Morgan fingerprint density at radius 1 is 1.67 bits per heavy atom. The SMILES string of the molecule is CC(Cl)CCCNC(=O)c1ccc(Br)o1. The molecular formula is C10H13BrClNO2. The predicted octanol–water partition coefficient (Wildman–Crippen LogP) is 3.18. The van der Waals surface area contributed by atoms with Gasteiger partial charge in [0.1, 0.15) is 0 Å². The van der Waals surface area contributed by atoms with Crippen LogP contribution in [0, 0.1) is 0 Å². The number of nitrogens with one attached hydrogen (secondary N) is 1. The Kier molecular flexibility index (Phi) is 5.19. The van der Waals surface area contributed by atoms with Crippen molar-refractivity contribution in [3.8, 4) is 0 Å². The number of alkyl halides is 1. The van der Waals surface area contributed by atoms with E-state index < -0.39 is 0 Å². The molecule has 1 heterocycles. The van der Waals surface area contributed by atoms with E-state index in [1.165, 1.54) is 0 Å². The minimum atomic E-state index is -0.192. The second-order valence-electron chi connectivity index (χ2n) is 3.28. The second-order valence-corrected chi connectivity index (χ2v) is 4.81. The molecule has 0 aliphatic carbocycles. The van der Waals surface area contributed by atoms with Gasteiger partial charge in [0.15, 0.2) is 10.4 Å². The number of rotatable bonds is 5. The van der Waals surface area contributed by atoms with Crippen LogP contribution in [0.4, 0.5) is 0 Å². The number of carbonyl (C=O) groups excluding carboxylic acids is 1. The lowest BCUT2D eigenvalue weighted by Gasteiger charge is -2.04. The first-order chi connectivity index (χ1) is 7.09. The van der Waals surface area contributed by atoms with Crippen LogP contribution in [0.3, 0.4) is 0 Å². The fourth-order valence-corrected chi connectivity index (χ4v) is 1.57. The number of carbonyl (C=O) groups is 1. The van der Waals surface area contributed by atoms with Gasteiger partial charge in [-0.3, -0.25) is 4.79 Å². The van der Waals surface area contributed by atoms with Gasteiger partial charge in [-0.1, -0.05) is 0 Å². The highest BCUT2D eigenvalue weighted by Crippen LogP contribution is 2.13. The summed E-state index contributed by atoms with van der Waals surface area (Å²) < 4.78 is 5.66. The molecule has 1 N–H and O–H groups in total. The zero-order chi connectivity index (χ0) is 11.3. The van der Waals surface area contributed by atoms with E-state index in [1.807, 2.05) is 6.92 Å². The Labute approximate surface area is 102 Å². The van der Waals surface area contributed by atoms with Crippen molar-refractivity contribution < 1.29 is 9.21 Å². The molecule has 1 aromatic heterocycles. The van der Waals surface area contributed by atoms with Crippen molar-refractivity contribution in [3.63, 3.8) is 0 Å². The molecule has 1 rings (SSSR count). The fraction of sp³-hybridized carbons (Fsp3) is 0.500. The molecule has 0 spiro atoms. The third-order valence-corrected chi connectivity index (χ3v) is 2.51. The minimum Gasteiger partial charge on any atom is -0.444 e. The van der Waals surface area contributed by atoms with Crippen molar-refractivity contribution >= 4 is 33.4 Å². The highest BCUT2D eigenvalue weighted by molar-refractivity contribution is 9.10. The quantitative estimate of drug-likeness (QED) is 0.669. The van der Waals surface area contributed by atoms with Crippen LogP contribution in [0.2, 0.25) is 0 Å². The summed E-state index contributed by atoms with van der Waals surface area (Å²) in [5.74, 6) is 0.128. The van der Waals surface area contributed by atoms with Gasteiger partial charge in [-0.2, -0.15) is 0 Å². The van der Waals surface area contributed by atoms with Crippen molar-refractivity contribution in [2.45, 2.75) is 25.1 Å². The molecule has 0 saturated heterocycles. The Hall–Kier alpha value is -0.480. The smallest absolute Gasteiger partial charge is 0.287 e. The van der Waals surface area contributed by atoms with Crippen LogP contribution in [0.25, 0.3) is 0 Å². The van der Waals surface area contributed by atoms with Crippen LogP contribution in [0.5, 0.6) is 0 Å². The van der Waals surface area contributed by atoms with E-state index in [9.17, 15) is 4.79 Å². The van der Waals surface area contributed by atoms with E-state index in [-0.39, 0.29) is 11.3 Å². The van der Waals surface area contributed by atoms with E-state index in [2.05, 4.69) is 21.2 Å². The van der Waals surface area contributed by atoms with Crippen LogP contribution >= 0.6 is 27.5 Å². The molecule has 5 heteroatoms. The zero-order valence-electron chi connectivity index (χ0n) is 8.43. The molecule has 84 valence electrons. The fourth-order valence-electron chi connectivity index (χ4n) is 1.11. The van der Waals surface area contributed by atoms with Crippen LogP contribution in [-0.4, -0.2) is 17.8 Å². The monoisotopic (exact) mass is 293 g/mol. The Morgan fingerprint density at radius 2 is 2.40 bits per heavy atom. The van der Waals surface area contributed by atoms with Crippen molar-refractivity contribution in [1.29, 1.82) is 0 Å². The maximum Gasteiger partial charge on any atom is 0.287 e. The molecule has 0 aromatic carbocycles. The minimum absolute atomic E-state index is 0.152. The van der Waals surface area contributed by atoms with E-state index in [0.29, 0.717) is 17.0 Å². The zero-order valence-corrected chi connectivity index (χ0v) is 10.8. The van der Waals surface area contributed by atoms with Gasteiger partial charge in [0.05, 0.1) is 0 Å². The molecule has 0 bridgehead atoms. The number of halogens is 2. The van der Waals surface area contributed by atoms with Gasteiger partial charge in [0.25, 0.3) is 5.91 Å². The van der Waals surface area contributed by atoms with E-state index in [1.54, 1.807) is 12.1 Å². The molecular weight excluding hydrogens is 281 g/mol. The molecule has 0 saturated carbocycles. The third kappa shape index (κ3) is 4.71. The van der Waals surface area contributed by atoms with Crippen LogP contribution in [-0.2, 0) is 0 Å². The number of hydrogen-bond donors (Lipinski definition) is 1. The van der Waals surface area contributed by atoms with E-state index >= 15 is 0 Å². The van der Waals surface area contributed by atoms with Crippen LogP contribution in [0.1, 0.15) is 30.3 Å². The van der Waals surface area contributed by atoms with Gasteiger partial charge in [0, 0.05) is 11.9 Å². The molecule has 1 aromatic rings. The lowest BCUT2D eigenvalue weighted by molar-refractivity contribution is 0.0924. The first-order valence-electron chi connectivity index (χ1n) is 4.77. The average molecular weight is 295 g/mol. The highest BCUT2D eigenvalue weighted by Gasteiger charge is 2.09. The third-order valence-electron chi connectivity index (χ3n) is 1.86. The maximum atomic E-state index is 11.4. The van der Waals surface area contributed by atoms with Crippen molar-refractivity contribution in [2.75, 3.05) is 6.54 Å². The van der Waals surface area contributed by atoms with Gasteiger partial charge < -0.3 is 9.73 Å². The Balaban J connectivity index is 2.25. The van der Waals surface area contributed by atoms with Crippen molar-refractivity contribution in [1.82, 2.24) is 5.32 Å². The summed E-state index contributed by atoms with van der Waals surface area (Å²) in [4.78, 5) is 11.4. The van der Waals surface area contributed by atoms with Gasteiger partial charge in [0.2, 0.25) is 0 Å². The molecule has 1 unspecified atom stereocenters. The number of amides is 1. The van der Waals surface area contributed by atoms with Crippen molar-refractivity contribution in [3.05, 3.63) is 22.6 Å². The van der Waals surface area contributed by atoms with Gasteiger partial charge >= 0.3 is 0 Å². The van der Waals surface area contributed by atoms with Gasteiger partial charge in [-0.15, -0.1) is 11.6 Å². The molecule has 0 fully saturated rings. The lowest BCUT2D eigenvalue weighted by atomic mass is 10.2. The summed E-state index contributed by atoms with van der Waals surface area (Å²) in [5, 5.41) is 2.91. The van der Waals surface area contributed by atoms with E-state index in [4.69, 9.17) is 16.0 Å². The van der Waals surface area contributed by atoms with E-state index in [0.717, 1.165) is 12.8 Å². The standard InChI is InChI=1S/C10H13BrClNO2/c1-7(12)3-2-6-13-10(14)8-4-5-9(11)15-8/h4-5,7H,2-3,6H2,1H3,(H,13,14). The molecule has 0 aliphatic heterocycles. The maximum absolute atomic E-state index is 11.4. The van der Waals surface area contributed by atoms with Crippen LogP contribution in [0.15, 0.2) is 21.2 Å². The topological polar surface area (TPSA) is 42.2 Å². The first kappa shape index (κ1) is 12.6. The number of hydrogen-bond acceptors (Lipinski definition) is 2. The summed E-state index contributed by atoms with van der Waals surface area (Å²) in [5.41, 5.74) is 0. The first-order valence-corrected chi connectivity index (χ1v) is 6.00. The normalized spacial score (nSPS) is 12.5. The largest absolute Gasteiger partial charge is 0.444 e. The summed E-state index contributed by atoms with van der Waals surface area (Å²) in [6.07, 6.45) is 1.77. The van der Waals surface area contributed by atoms with Crippen molar-refractivity contribution in [2.24, 2.45) is 0 Å². The Bertz CT molecular complexity index is 325. The second kappa shape index (κ2) is 6.18. The molecule has 0 aliphatic rings. The molecule has 1 amide bonds. The lowest BCUT2D eigenvalue weighted by Crippen LogP contribution is -2.24. The summed E-state index contributed by atoms with van der Waals surface area (Å²) >= 11 is 8.91. The average Bonchev–Trinajstić information content (AvgIpc) is 2.59. The summed E-state index contributed by atoms with van der Waals surface area (Å²) in [7, 11) is 0. The molecule has 1 atom stereocenters.